The molecular formula is C6H9NO3. The fourth-order valence-electron chi connectivity index (χ4n) is 0.382. The van der Waals surface area contributed by atoms with Gasteiger partial charge in [0.15, 0.2) is 0 Å². The molecule has 0 aliphatic rings. The summed E-state index contributed by atoms with van der Waals surface area (Å²) >= 11 is 0. The number of allylic oxidation sites excluding steroid dienone is 3. The first-order chi connectivity index (χ1) is 4.72. The van der Waals surface area contributed by atoms with Crippen LogP contribution in [0.4, 0.5) is 0 Å². The normalized spacial score (nSPS) is 12.0. The maximum absolute atomic E-state index is 10.0. The summed E-state index contributed by atoms with van der Waals surface area (Å²) in [6, 6.07) is 0. The first-order valence-electron chi connectivity index (χ1n) is 2.73. The molecule has 0 unspecified atom stereocenters. The second-order valence-corrected chi connectivity index (χ2v) is 1.49. The van der Waals surface area contributed by atoms with Gasteiger partial charge in [-0.2, -0.15) is 0 Å². The van der Waals surface area contributed by atoms with Crippen LogP contribution in [0, 0.1) is 10.1 Å². The van der Waals surface area contributed by atoms with Gasteiger partial charge in [-0.05, 0) is 6.92 Å². The smallest absolute Gasteiger partial charge is 0.427 e. The fourth-order valence-corrected chi connectivity index (χ4v) is 0.382. The van der Waals surface area contributed by atoms with Gasteiger partial charge in [-0.1, -0.05) is 12.2 Å². The van der Waals surface area contributed by atoms with Crippen molar-refractivity contribution in [3.63, 3.8) is 0 Å². The molecule has 0 aromatic rings. The summed E-state index contributed by atoms with van der Waals surface area (Å²) in [4.78, 5) is 9.43. The molecule has 0 bridgehead atoms. The minimum Gasteiger partial charge on any atom is -0.444 e. The predicted molar refractivity (Wildman–Crippen MR) is 36.9 cm³/mol. The van der Waals surface area contributed by atoms with Crippen molar-refractivity contribution in [2.24, 2.45) is 0 Å². The number of hydrogen-bond donors (Lipinski definition) is 0. The van der Waals surface area contributed by atoms with Gasteiger partial charge in [0, 0.05) is 0 Å². The molecule has 0 rings (SSSR count). The molecule has 0 saturated heterocycles. The Morgan fingerprint density at radius 2 is 2.30 bits per heavy atom. The molecule has 0 aliphatic carbocycles. The Balaban J connectivity index is 4.18. The lowest BCUT2D eigenvalue weighted by Gasteiger charge is -1.91. The van der Waals surface area contributed by atoms with Crippen LogP contribution in [-0.4, -0.2) is 12.0 Å². The molecule has 0 aromatic heterocycles. The monoisotopic (exact) mass is 143 g/mol. The molecule has 4 nitrogen and oxygen atoms in total. The van der Waals surface area contributed by atoms with E-state index < -0.39 is 4.92 Å². The van der Waals surface area contributed by atoms with Crippen LogP contribution in [0.5, 0.6) is 0 Å². The average molecular weight is 143 g/mol. The standard InChI is InChI=1S/C6H9NO3/c1-3-4-5-6(10-2)7(8)9/h3-5H,1-2H3/b4-3?,6-5-. The highest BCUT2D eigenvalue weighted by Gasteiger charge is 2.05. The van der Waals surface area contributed by atoms with Crippen molar-refractivity contribution in [2.45, 2.75) is 6.92 Å². The summed E-state index contributed by atoms with van der Waals surface area (Å²) in [6.07, 6.45) is 4.52. The summed E-state index contributed by atoms with van der Waals surface area (Å²) in [6.45, 7) is 1.77. The molecule has 0 fully saturated rings. The van der Waals surface area contributed by atoms with Gasteiger partial charge in [-0.25, -0.2) is 0 Å². The van der Waals surface area contributed by atoms with Gasteiger partial charge in [0.25, 0.3) is 0 Å². The predicted octanol–water partition coefficient (Wildman–Crippen LogP) is 1.33. The molecule has 0 N–H and O–H groups in total. The van der Waals surface area contributed by atoms with E-state index in [0.717, 1.165) is 0 Å². The Bertz CT molecular complexity index is 172. The van der Waals surface area contributed by atoms with Crippen molar-refractivity contribution in [2.75, 3.05) is 7.11 Å². The Labute approximate surface area is 59.0 Å². The maximum atomic E-state index is 10.0. The Kier molecular flexibility index (Phi) is 3.95. The van der Waals surface area contributed by atoms with Crippen LogP contribution >= 0.6 is 0 Å². The van der Waals surface area contributed by atoms with Gasteiger partial charge < -0.3 is 4.74 Å². The zero-order chi connectivity index (χ0) is 7.98. The molecule has 4 heteroatoms. The number of methoxy groups -OCH3 is 1. The van der Waals surface area contributed by atoms with Crippen molar-refractivity contribution >= 4 is 0 Å². The van der Waals surface area contributed by atoms with Crippen LogP contribution in [-0.2, 0) is 4.74 Å². The summed E-state index contributed by atoms with van der Waals surface area (Å²) in [5, 5.41) is 10.0. The zero-order valence-corrected chi connectivity index (χ0v) is 5.90. The van der Waals surface area contributed by atoms with Crippen LogP contribution in [0.15, 0.2) is 24.1 Å². The molecule has 0 aliphatic heterocycles. The van der Waals surface area contributed by atoms with Gasteiger partial charge in [-0.3, -0.25) is 10.1 Å². The van der Waals surface area contributed by atoms with Gasteiger partial charge in [0.1, 0.15) is 4.92 Å². The number of nitrogens with zero attached hydrogens (tertiary/aromatic N) is 1. The molecular weight excluding hydrogens is 134 g/mol. The van der Waals surface area contributed by atoms with E-state index in [9.17, 15) is 10.1 Å². The van der Waals surface area contributed by atoms with Gasteiger partial charge in [-0.15, -0.1) is 0 Å². The summed E-state index contributed by atoms with van der Waals surface area (Å²) in [5.41, 5.74) is 0. The Morgan fingerprint density at radius 1 is 1.70 bits per heavy atom. The van der Waals surface area contributed by atoms with Crippen molar-refractivity contribution in [1.82, 2.24) is 0 Å². The minimum absolute atomic E-state index is 0.252. The number of nitro groups is 1. The van der Waals surface area contributed by atoms with Crippen LogP contribution in [0.1, 0.15) is 6.92 Å². The number of ether oxygens (including phenoxy) is 1. The summed E-state index contributed by atoms with van der Waals surface area (Å²) in [5.74, 6) is -0.252. The van der Waals surface area contributed by atoms with Crippen LogP contribution in [0.2, 0.25) is 0 Å². The van der Waals surface area contributed by atoms with E-state index in [-0.39, 0.29) is 5.88 Å². The average Bonchev–Trinajstić information content (AvgIpc) is 1.89. The Hall–Kier alpha value is -1.32. The lowest BCUT2D eigenvalue weighted by atomic mass is 10.5. The van der Waals surface area contributed by atoms with Crippen molar-refractivity contribution < 1.29 is 9.66 Å². The van der Waals surface area contributed by atoms with E-state index in [4.69, 9.17) is 0 Å². The van der Waals surface area contributed by atoms with Crippen LogP contribution < -0.4 is 0 Å². The highest BCUT2D eigenvalue weighted by Crippen LogP contribution is 1.95. The van der Waals surface area contributed by atoms with E-state index in [1.165, 1.54) is 13.2 Å². The van der Waals surface area contributed by atoms with Gasteiger partial charge in [0.2, 0.25) is 0 Å². The highest BCUT2D eigenvalue weighted by atomic mass is 16.7. The van der Waals surface area contributed by atoms with Gasteiger partial charge >= 0.3 is 5.88 Å². The lowest BCUT2D eigenvalue weighted by molar-refractivity contribution is -0.461. The highest BCUT2D eigenvalue weighted by molar-refractivity contribution is 5.01. The Morgan fingerprint density at radius 3 is 2.60 bits per heavy atom. The van der Waals surface area contributed by atoms with Crippen LogP contribution in [0.3, 0.4) is 0 Å². The van der Waals surface area contributed by atoms with E-state index in [0.29, 0.717) is 0 Å². The third kappa shape index (κ3) is 2.86. The molecule has 0 radical (unpaired) electrons. The molecule has 0 amide bonds. The van der Waals surface area contributed by atoms with Crippen LogP contribution in [0.25, 0.3) is 0 Å². The zero-order valence-electron chi connectivity index (χ0n) is 5.90. The third-order valence-electron chi connectivity index (χ3n) is 0.820. The first-order valence-corrected chi connectivity index (χ1v) is 2.73. The molecule has 0 heterocycles. The maximum Gasteiger partial charge on any atom is 0.427 e. The number of hydrogen-bond acceptors (Lipinski definition) is 3. The van der Waals surface area contributed by atoms with Crippen molar-refractivity contribution in [3.8, 4) is 0 Å². The third-order valence-corrected chi connectivity index (χ3v) is 0.820. The molecule has 56 valence electrons. The van der Waals surface area contributed by atoms with E-state index in [2.05, 4.69) is 4.74 Å². The minimum atomic E-state index is -0.583. The van der Waals surface area contributed by atoms with Crippen molar-refractivity contribution in [3.05, 3.63) is 34.2 Å². The fraction of sp³-hybridized carbons (Fsp3) is 0.333. The van der Waals surface area contributed by atoms with E-state index >= 15 is 0 Å². The molecule has 10 heavy (non-hydrogen) atoms. The topological polar surface area (TPSA) is 52.4 Å². The second-order valence-electron chi connectivity index (χ2n) is 1.49. The van der Waals surface area contributed by atoms with Crippen molar-refractivity contribution in [1.29, 1.82) is 0 Å². The SMILES string of the molecule is CC=C/C=C(\OC)[N+](=O)[O-]. The van der Waals surface area contributed by atoms with E-state index in [1.54, 1.807) is 19.1 Å². The molecule has 0 aromatic carbocycles. The summed E-state index contributed by atoms with van der Waals surface area (Å²) in [7, 11) is 1.26. The largest absolute Gasteiger partial charge is 0.444 e. The molecule has 0 spiro atoms. The quantitative estimate of drug-likeness (QED) is 0.259. The first kappa shape index (κ1) is 8.68. The lowest BCUT2D eigenvalue weighted by Crippen LogP contribution is -1.99. The molecule has 0 atom stereocenters. The van der Waals surface area contributed by atoms with E-state index in [1.807, 2.05) is 0 Å². The number of rotatable bonds is 3. The second kappa shape index (κ2) is 4.55. The molecule has 0 saturated carbocycles. The summed E-state index contributed by atoms with van der Waals surface area (Å²) < 4.78 is 4.42. The van der Waals surface area contributed by atoms with Gasteiger partial charge in [0.05, 0.1) is 13.2 Å².